The van der Waals surface area contributed by atoms with Crippen LogP contribution in [0.5, 0.6) is 5.75 Å². The molecule has 0 radical (unpaired) electrons. The van der Waals surface area contributed by atoms with Crippen LogP contribution in [0.25, 0.3) is 0 Å². The molecule has 0 spiro atoms. The highest BCUT2D eigenvalue weighted by Crippen LogP contribution is 2.27. The molecule has 27 heavy (non-hydrogen) atoms. The van der Waals surface area contributed by atoms with Gasteiger partial charge >= 0.3 is 0 Å². The van der Waals surface area contributed by atoms with Crippen molar-refractivity contribution in [3.05, 3.63) is 53.6 Å². The maximum Gasteiger partial charge on any atom is 0.279 e. The predicted octanol–water partition coefficient (Wildman–Crippen LogP) is 2.19. The number of hydrogen-bond acceptors (Lipinski definition) is 3. The van der Waals surface area contributed by atoms with Gasteiger partial charge in [0.1, 0.15) is 11.8 Å². The summed E-state index contributed by atoms with van der Waals surface area (Å²) in [6.07, 6.45) is 0. The first-order chi connectivity index (χ1) is 12.8. The van der Waals surface area contributed by atoms with Gasteiger partial charge in [-0.15, -0.1) is 0 Å². The minimum Gasteiger partial charge on any atom is -0.495 e. The van der Waals surface area contributed by atoms with E-state index in [4.69, 9.17) is 4.74 Å². The third-order valence-electron chi connectivity index (χ3n) is 3.92. The summed E-state index contributed by atoms with van der Waals surface area (Å²) in [6.45, 7) is 3.24. The Morgan fingerprint density at radius 3 is 2.48 bits per heavy atom. The van der Waals surface area contributed by atoms with E-state index in [1.165, 1.54) is 20.1 Å². The first kappa shape index (κ1) is 20.3. The van der Waals surface area contributed by atoms with Gasteiger partial charge in [0.2, 0.25) is 5.91 Å². The van der Waals surface area contributed by atoms with Crippen LogP contribution in [0.1, 0.15) is 25.5 Å². The Labute approximate surface area is 155 Å². The number of methoxy groups -OCH3 is 1. The Kier molecular flexibility index (Phi) is 6.84. The van der Waals surface area contributed by atoms with Crippen LogP contribution in [-0.4, -0.2) is 25.5 Å². The lowest BCUT2D eigenvalue weighted by Crippen LogP contribution is -2.86. The summed E-state index contributed by atoms with van der Waals surface area (Å²) < 4.78 is 31.6. The van der Waals surface area contributed by atoms with Crippen LogP contribution in [0.3, 0.4) is 0 Å². The summed E-state index contributed by atoms with van der Waals surface area (Å²) in [4.78, 5) is 23.4. The Morgan fingerprint density at radius 1 is 1.11 bits per heavy atom. The molecule has 0 aliphatic carbocycles. The largest absolute Gasteiger partial charge is 0.495 e. The summed E-state index contributed by atoms with van der Waals surface area (Å²) in [5, 5.41) is 7.05. The second-order valence-corrected chi connectivity index (χ2v) is 6.05. The normalized spacial score (nSPS) is 11.6. The fourth-order valence-electron chi connectivity index (χ4n) is 2.50. The molecule has 8 heteroatoms. The van der Waals surface area contributed by atoms with E-state index < -0.39 is 11.6 Å². The number of carbonyl (C=O) groups excluding carboxylic acids is 2. The molecule has 4 N–H and O–H groups in total. The molecular formula is C19H22F2N3O3+. The highest BCUT2D eigenvalue weighted by atomic mass is 19.2. The molecule has 2 amide bonds. The van der Waals surface area contributed by atoms with Crippen LogP contribution in [0, 0.1) is 11.6 Å². The van der Waals surface area contributed by atoms with Crippen molar-refractivity contribution < 1.29 is 28.4 Å². The molecule has 2 aromatic rings. The maximum absolute atomic E-state index is 13.3. The second-order valence-electron chi connectivity index (χ2n) is 6.05. The molecule has 0 aliphatic rings. The van der Waals surface area contributed by atoms with Crippen LogP contribution in [-0.2, 0) is 9.59 Å². The van der Waals surface area contributed by atoms with E-state index in [9.17, 15) is 18.4 Å². The number of carbonyl (C=O) groups is 2. The average Bonchev–Trinajstić information content (AvgIpc) is 2.61. The van der Waals surface area contributed by atoms with Crippen LogP contribution < -0.4 is 20.7 Å². The minimum absolute atomic E-state index is 0.0632. The highest BCUT2D eigenvalue weighted by molar-refractivity contribution is 5.95. The smallest absolute Gasteiger partial charge is 0.279 e. The second kappa shape index (κ2) is 9.09. The van der Waals surface area contributed by atoms with E-state index in [1.54, 1.807) is 30.4 Å². The van der Waals surface area contributed by atoms with Gasteiger partial charge in [0, 0.05) is 18.2 Å². The van der Waals surface area contributed by atoms with E-state index >= 15 is 0 Å². The molecule has 0 heterocycles. The molecule has 0 saturated carbocycles. The van der Waals surface area contributed by atoms with Crippen molar-refractivity contribution in [1.29, 1.82) is 0 Å². The molecule has 2 aromatic carbocycles. The van der Waals surface area contributed by atoms with Crippen molar-refractivity contribution in [2.75, 3.05) is 24.3 Å². The minimum atomic E-state index is -0.920. The van der Waals surface area contributed by atoms with Crippen LogP contribution in [0.4, 0.5) is 20.2 Å². The number of amides is 2. The molecule has 0 unspecified atom stereocenters. The van der Waals surface area contributed by atoms with E-state index in [0.717, 1.165) is 12.1 Å². The summed E-state index contributed by atoms with van der Waals surface area (Å²) >= 11 is 0. The lowest BCUT2D eigenvalue weighted by molar-refractivity contribution is -0.682. The van der Waals surface area contributed by atoms with E-state index in [2.05, 4.69) is 10.6 Å². The van der Waals surface area contributed by atoms with Gasteiger partial charge < -0.3 is 20.7 Å². The van der Waals surface area contributed by atoms with Crippen molar-refractivity contribution in [3.8, 4) is 5.75 Å². The van der Waals surface area contributed by atoms with Gasteiger partial charge in [-0.3, -0.25) is 9.59 Å². The van der Waals surface area contributed by atoms with Gasteiger partial charge in [0.15, 0.2) is 18.2 Å². The van der Waals surface area contributed by atoms with Gasteiger partial charge in [-0.25, -0.2) is 8.78 Å². The zero-order chi connectivity index (χ0) is 20.0. The Balaban J connectivity index is 2.00. The van der Waals surface area contributed by atoms with E-state index in [1.807, 2.05) is 0 Å². The third-order valence-corrected chi connectivity index (χ3v) is 3.92. The lowest BCUT2D eigenvalue weighted by atomic mass is 10.1. The first-order valence-electron chi connectivity index (χ1n) is 8.34. The summed E-state index contributed by atoms with van der Waals surface area (Å²) in [7, 11) is 1.47. The number of benzene rings is 2. The Bertz CT molecular complexity index is 843. The molecule has 0 fully saturated rings. The van der Waals surface area contributed by atoms with Gasteiger partial charge in [-0.05, 0) is 43.3 Å². The van der Waals surface area contributed by atoms with Crippen molar-refractivity contribution in [2.45, 2.75) is 19.9 Å². The Hall–Kier alpha value is -3.00. The lowest BCUT2D eigenvalue weighted by Gasteiger charge is -2.14. The van der Waals surface area contributed by atoms with Crippen molar-refractivity contribution in [1.82, 2.24) is 0 Å². The number of halogens is 2. The molecule has 2 rings (SSSR count). The standard InChI is InChI=1S/C19H21F2N3O3/c1-11(13-4-6-15(20)16(21)8-13)22-10-19(26)24-17-9-14(23-12(2)25)5-7-18(17)27-3/h4-9,11,22H,10H2,1-3H3,(H,23,25)(H,24,26)/p+1/t11-/m1/s1. The van der Waals surface area contributed by atoms with E-state index in [-0.39, 0.29) is 24.4 Å². The zero-order valence-electron chi connectivity index (χ0n) is 15.3. The SMILES string of the molecule is COc1ccc(NC(C)=O)cc1NC(=O)C[NH2+][C@H](C)c1ccc(F)c(F)c1. The zero-order valence-corrected chi connectivity index (χ0v) is 15.3. The third kappa shape index (κ3) is 5.75. The molecule has 144 valence electrons. The summed E-state index contributed by atoms with van der Waals surface area (Å²) in [5.74, 6) is -1.91. The van der Waals surface area contributed by atoms with Crippen LogP contribution in [0.2, 0.25) is 0 Å². The number of hydrogen-bond donors (Lipinski definition) is 3. The first-order valence-corrected chi connectivity index (χ1v) is 8.34. The van der Waals surface area contributed by atoms with Gasteiger partial charge in [-0.1, -0.05) is 0 Å². The molecule has 0 aromatic heterocycles. The number of quaternary nitrogens is 1. The van der Waals surface area contributed by atoms with E-state index in [0.29, 0.717) is 22.7 Å². The molecule has 0 saturated heterocycles. The number of ether oxygens (including phenoxy) is 1. The van der Waals surface area contributed by atoms with Gasteiger partial charge in [0.25, 0.3) is 5.91 Å². The molecule has 0 aliphatic heterocycles. The fourth-order valence-corrected chi connectivity index (χ4v) is 2.50. The molecule has 6 nitrogen and oxygen atoms in total. The van der Waals surface area contributed by atoms with Crippen molar-refractivity contribution in [2.24, 2.45) is 0 Å². The van der Waals surface area contributed by atoms with Crippen molar-refractivity contribution >= 4 is 23.2 Å². The van der Waals surface area contributed by atoms with Crippen molar-refractivity contribution in [3.63, 3.8) is 0 Å². The van der Waals surface area contributed by atoms with Gasteiger partial charge in [-0.2, -0.15) is 0 Å². The monoisotopic (exact) mass is 378 g/mol. The Morgan fingerprint density at radius 2 is 1.85 bits per heavy atom. The number of nitrogens with two attached hydrogens (primary N) is 1. The highest BCUT2D eigenvalue weighted by Gasteiger charge is 2.15. The predicted molar refractivity (Wildman–Crippen MR) is 97.5 cm³/mol. The van der Waals surface area contributed by atoms with Crippen LogP contribution >= 0.6 is 0 Å². The van der Waals surface area contributed by atoms with Gasteiger partial charge in [0.05, 0.1) is 12.8 Å². The number of rotatable bonds is 7. The molecule has 0 bridgehead atoms. The number of nitrogens with one attached hydrogen (secondary N) is 2. The quantitative estimate of drug-likeness (QED) is 0.691. The number of anilines is 2. The molecule has 1 atom stereocenters. The fraction of sp³-hybridized carbons (Fsp3) is 0.263. The summed E-state index contributed by atoms with van der Waals surface area (Å²) in [5.41, 5.74) is 1.52. The molecular weight excluding hydrogens is 356 g/mol. The topological polar surface area (TPSA) is 84.0 Å². The van der Waals surface area contributed by atoms with Crippen LogP contribution in [0.15, 0.2) is 36.4 Å². The average molecular weight is 378 g/mol. The summed E-state index contributed by atoms with van der Waals surface area (Å²) in [6, 6.07) is 8.32. The maximum atomic E-state index is 13.3.